The second kappa shape index (κ2) is 5.88. The average molecular weight is 356 g/mol. The summed E-state index contributed by atoms with van der Waals surface area (Å²) in [5.74, 6) is 0.103. The highest BCUT2D eigenvalue weighted by Crippen LogP contribution is 2.10. The van der Waals surface area contributed by atoms with Gasteiger partial charge in [0.1, 0.15) is 5.69 Å². The number of halogens is 2. The predicted molar refractivity (Wildman–Crippen MR) is 74.1 cm³/mol. The molecule has 1 aromatic rings. The second-order valence-corrected chi connectivity index (χ2v) is 5.08. The third-order valence-electron chi connectivity index (χ3n) is 2.53. The Morgan fingerprint density at radius 1 is 1.62 bits per heavy atom. The second-order valence-electron chi connectivity index (χ2n) is 3.84. The van der Waals surface area contributed by atoms with Gasteiger partial charge in [0.15, 0.2) is 0 Å². The normalized spacial score (nSPS) is 20.4. The summed E-state index contributed by atoms with van der Waals surface area (Å²) >= 11 is 2.19. The lowest BCUT2D eigenvalue weighted by Gasteiger charge is -2.31. The third kappa shape index (κ3) is 3.11. The number of amides is 1. The fourth-order valence-corrected chi connectivity index (χ4v) is 2.25. The van der Waals surface area contributed by atoms with Gasteiger partial charge < -0.3 is 15.2 Å². The molecular formula is C10H15ClIN3O. The lowest BCUT2D eigenvalue weighted by Crippen LogP contribution is -2.51. The summed E-state index contributed by atoms with van der Waals surface area (Å²) in [7, 11) is 0. The molecule has 0 spiro atoms. The molecule has 1 atom stereocenters. The topological polar surface area (TPSA) is 48.1 Å². The van der Waals surface area contributed by atoms with E-state index in [4.69, 9.17) is 0 Å². The van der Waals surface area contributed by atoms with Gasteiger partial charge >= 0.3 is 0 Å². The fourth-order valence-electron chi connectivity index (χ4n) is 1.78. The summed E-state index contributed by atoms with van der Waals surface area (Å²) in [6.45, 7) is 4.55. The van der Waals surface area contributed by atoms with Crippen LogP contribution in [0.25, 0.3) is 0 Å². The predicted octanol–water partition coefficient (Wildman–Crippen LogP) is 1.48. The average Bonchev–Trinajstić information content (AvgIpc) is 2.64. The van der Waals surface area contributed by atoms with E-state index in [9.17, 15) is 4.79 Å². The van der Waals surface area contributed by atoms with E-state index in [1.54, 1.807) is 0 Å². The van der Waals surface area contributed by atoms with E-state index in [-0.39, 0.29) is 18.3 Å². The zero-order valence-corrected chi connectivity index (χ0v) is 12.0. The number of nitrogens with one attached hydrogen (secondary N) is 2. The third-order valence-corrected chi connectivity index (χ3v) is 3.16. The van der Waals surface area contributed by atoms with E-state index in [2.05, 4.69) is 39.8 Å². The maximum absolute atomic E-state index is 12.0. The number of H-pyrrole nitrogens is 1. The molecule has 4 nitrogen and oxygen atoms in total. The van der Waals surface area contributed by atoms with E-state index in [1.807, 2.05) is 17.2 Å². The quantitative estimate of drug-likeness (QED) is 0.750. The summed E-state index contributed by atoms with van der Waals surface area (Å²) < 4.78 is 1.07. The van der Waals surface area contributed by atoms with Crippen LogP contribution < -0.4 is 5.32 Å². The molecule has 1 fully saturated rings. The van der Waals surface area contributed by atoms with Crippen molar-refractivity contribution in [1.82, 2.24) is 15.2 Å². The van der Waals surface area contributed by atoms with Gasteiger partial charge in [-0.3, -0.25) is 4.79 Å². The molecule has 0 radical (unpaired) electrons. The van der Waals surface area contributed by atoms with Crippen LogP contribution >= 0.6 is 35.0 Å². The summed E-state index contributed by atoms with van der Waals surface area (Å²) in [6.07, 6.45) is 1.85. The SMILES string of the molecule is CC1CN(C(=O)c2cc(I)c[nH]2)CCN1.Cl. The van der Waals surface area contributed by atoms with Gasteiger partial charge in [-0.2, -0.15) is 0 Å². The van der Waals surface area contributed by atoms with E-state index in [1.165, 1.54) is 0 Å². The van der Waals surface area contributed by atoms with Gasteiger partial charge in [0, 0.05) is 35.4 Å². The van der Waals surface area contributed by atoms with E-state index in [0.29, 0.717) is 11.7 Å². The Hall–Kier alpha value is -0.270. The Morgan fingerprint density at radius 3 is 2.94 bits per heavy atom. The van der Waals surface area contributed by atoms with Gasteiger partial charge in [0.2, 0.25) is 0 Å². The minimum absolute atomic E-state index is 0. The molecule has 2 heterocycles. The van der Waals surface area contributed by atoms with Crippen molar-refractivity contribution in [3.63, 3.8) is 0 Å². The van der Waals surface area contributed by atoms with E-state index < -0.39 is 0 Å². The number of hydrogen-bond acceptors (Lipinski definition) is 2. The molecule has 1 aliphatic rings. The van der Waals surface area contributed by atoms with Crippen molar-refractivity contribution in [1.29, 1.82) is 0 Å². The maximum atomic E-state index is 12.0. The van der Waals surface area contributed by atoms with Gasteiger partial charge in [0.25, 0.3) is 5.91 Å². The largest absolute Gasteiger partial charge is 0.356 e. The number of piperazine rings is 1. The number of aromatic amines is 1. The first-order valence-corrected chi connectivity index (χ1v) is 6.11. The van der Waals surface area contributed by atoms with Gasteiger partial charge in [-0.1, -0.05) is 0 Å². The molecule has 6 heteroatoms. The molecule has 1 amide bonds. The van der Waals surface area contributed by atoms with Crippen molar-refractivity contribution in [2.75, 3.05) is 19.6 Å². The van der Waals surface area contributed by atoms with Gasteiger partial charge in [-0.15, -0.1) is 12.4 Å². The maximum Gasteiger partial charge on any atom is 0.270 e. The first kappa shape index (κ1) is 13.8. The van der Waals surface area contributed by atoms with Crippen LogP contribution in [0.1, 0.15) is 17.4 Å². The Balaban J connectivity index is 0.00000128. The number of aromatic nitrogens is 1. The van der Waals surface area contributed by atoms with Crippen LogP contribution in [0.5, 0.6) is 0 Å². The minimum atomic E-state index is 0. The first-order valence-electron chi connectivity index (χ1n) is 5.03. The molecule has 0 aromatic carbocycles. The molecule has 90 valence electrons. The van der Waals surface area contributed by atoms with Crippen LogP contribution in [0, 0.1) is 3.57 Å². The van der Waals surface area contributed by atoms with E-state index >= 15 is 0 Å². The Morgan fingerprint density at radius 2 is 2.38 bits per heavy atom. The number of carbonyl (C=O) groups excluding carboxylic acids is 1. The van der Waals surface area contributed by atoms with Gasteiger partial charge in [-0.25, -0.2) is 0 Å². The Kier molecular flexibility index (Phi) is 5.07. The molecule has 0 bridgehead atoms. The van der Waals surface area contributed by atoms with Gasteiger partial charge in [-0.05, 0) is 35.6 Å². The number of hydrogen-bond donors (Lipinski definition) is 2. The van der Waals surface area contributed by atoms with Crippen LogP contribution in [0.2, 0.25) is 0 Å². The molecule has 1 unspecified atom stereocenters. The Labute approximate surface area is 115 Å². The summed E-state index contributed by atoms with van der Waals surface area (Å²) in [4.78, 5) is 16.9. The van der Waals surface area contributed by atoms with Crippen molar-refractivity contribution < 1.29 is 4.79 Å². The highest BCUT2D eigenvalue weighted by molar-refractivity contribution is 14.1. The molecule has 16 heavy (non-hydrogen) atoms. The minimum Gasteiger partial charge on any atom is -0.356 e. The molecule has 1 aliphatic heterocycles. The zero-order valence-electron chi connectivity index (χ0n) is 9.00. The molecular weight excluding hydrogens is 340 g/mol. The van der Waals surface area contributed by atoms with Crippen LogP contribution in [0.15, 0.2) is 12.3 Å². The highest BCUT2D eigenvalue weighted by Gasteiger charge is 2.22. The standard InChI is InChI=1S/C10H14IN3O.ClH/c1-7-6-14(3-2-12-7)10(15)9-4-8(11)5-13-9;/h4-5,7,12-13H,2-3,6H2,1H3;1H. The smallest absolute Gasteiger partial charge is 0.270 e. The van der Waals surface area contributed by atoms with Gasteiger partial charge in [0.05, 0.1) is 0 Å². The van der Waals surface area contributed by atoms with Crippen LogP contribution in [0.4, 0.5) is 0 Å². The fraction of sp³-hybridized carbons (Fsp3) is 0.500. The molecule has 1 saturated heterocycles. The Bertz CT molecular complexity index is 369. The van der Waals surface area contributed by atoms with Crippen molar-refractivity contribution in [2.24, 2.45) is 0 Å². The number of nitrogens with zero attached hydrogens (tertiary/aromatic N) is 1. The highest BCUT2D eigenvalue weighted by atomic mass is 127. The molecule has 0 aliphatic carbocycles. The lowest BCUT2D eigenvalue weighted by atomic mass is 10.2. The van der Waals surface area contributed by atoms with Crippen molar-refractivity contribution >= 4 is 40.9 Å². The van der Waals surface area contributed by atoms with E-state index in [0.717, 1.165) is 23.2 Å². The number of carbonyl (C=O) groups is 1. The summed E-state index contributed by atoms with van der Waals surface area (Å²) in [5.41, 5.74) is 0.688. The summed E-state index contributed by atoms with van der Waals surface area (Å²) in [5, 5.41) is 3.32. The molecule has 1 aromatic heterocycles. The lowest BCUT2D eigenvalue weighted by molar-refractivity contribution is 0.0704. The molecule has 2 N–H and O–H groups in total. The molecule has 0 saturated carbocycles. The van der Waals surface area contributed by atoms with Crippen LogP contribution in [0.3, 0.4) is 0 Å². The monoisotopic (exact) mass is 355 g/mol. The van der Waals surface area contributed by atoms with Crippen molar-refractivity contribution in [3.8, 4) is 0 Å². The molecule has 2 rings (SSSR count). The zero-order chi connectivity index (χ0) is 10.8. The summed E-state index contributed by atoms with van der Waals surface area (Å²) in [6, 6.07) is 2.27. The van der Waals surface area contributed by atoms with Crippen molar-refractivity contribution in [3.05, 3.63) is 21.5 Å². The van der Waals surface area contributed by atoms with Crippen molar-refractivity contribution in [2.45, 2.75) is 13.0 Å². The number of rotatable bonds is 1. The first-order chi connectivity index (χ1) is 7.16. The van der Waals surface area contributed by atoms with Crippen LogP contribution in [-0.4, -0.2) is 41.5 Å². The van der Waals surface area contributed by atoms with Crippen LogP contribution in [-0.2, 0) is 0 Å².